The molecule has 0 atom stereocenters. The SMILES string of the molecule is O=C(c1ccc([N+](=O)[O-])cc1Cl)N1CCN(Cc2cccc3ccccc23)CC1. The third kappa shape index (κ3) is 4.09. The zero-order chi connectivity index (χ0) is 20.4. The van der Waals surface area contributed by atoms with Crippen molar-refractivity contribution < 1.29 is 9.72 Å². The quantitative estimate of drug-likeness (QED) is 0.474. The van der Waals surface area contributed by atoms with Crippen molar-refractivity contribution in [3.63, 3.8) is 0 Å². The van der Waals surface area contributed by atoms with Crippen LogP contribution in [-0.4, -0.2) is 46.8 Å². The molecule has 1 heterocycles. The van der Waals surface area contributed by atoms with Gasteiger partial charge in [0.1, 0.15) is 0 Å². The van der Waals surface area contributed by atoms with Crippen molar-refractivity contribution in [2.45, 2.75) is 6.54 Å². The first-order valence-electron chi connectivity index (χ1n) is 9.45. The first-order chi connectivity index (χ1) is 14.0. The molecule has 4 rings (SSSR count). The lowest BCUT2D eigenvalue weighted by Crippen LogP contribution is -2.48. The third-order valence-electron chi connectivity index (χ3n) is 5.33. The van der Waals surface area contributed by atoms with Gasteiger partial charge >= 0.3 is 0 Å². The number of fused-ring (bicyclic) bond motifs is 1. The minimum Gasteiger partial charge on any atom is -0.336 e. The fourth-order valence-corrected chi connectivity index (χ4v) is 4.00. The molecule has 0 radical (unpaired) electrons. The molecule has 6 nitrogen and oxygen atoms in total. The van der Waals surface area contributed by atoms with Crippen molar-refractivity contribution in [2.24, 2.45) is 0 Å². The summed E-state index contributed by atoms with van der Waals surface area (Å²) in [6.07, 6.45) is 0. The van der Waals surface area contributed by atoms with Crippen LogP contribution in [0.4, 0.5) is 5.69 Å². The average Bonchev–Trinajstić information content (AvgIpc) is 2.74. The normalized spacial score (nSPS) is 14.9. The highest BCUT2D eigenvalue weighted by atomic mass is 35.5. The topological polar surface area (TPSA) is 66.7 Å². The van der Waals surface area contributed by atoms with E-state index < -0.39 is 4.92 Å². The Kier molecular flexibility index (Phi) is 5.47. The zero-order valence-electron chi connectivity index (χ0n) is 15.8. The van der Waals surface area contributed by atoms with Gasteiger partial charge in [-0.2, -0.15) is 0 Å². The smallest absolute Gasteiger partial charge is 0.270 e. The van der Waals surface area contributed by atoms with E-state index in [2.05, 4.69) is 41.3 Å². The molecule has 1 saturated heterocycles. The first kappa shape index (κ1) is 19.4. The maximum Gasteiger partial charge on any atom is 0.270 e. The van der Waals surface area contributed by atoms with Crippen LogP contribution in [0.25, 0.3) is 10.8 Å². The van der Waals surface area contributed by atoms with Crippen LogP contribution in [0.3, 0.4) is 0 Å². The molecule has 3 aromatic carbocycles. The molecular weight excluding hydrogens is 390 g/mol. The molecule has 1 aliphatic rings. The minimum atomic E-state index is -0.522. The average molecular weight is 410 g/mol. The van der Waals surface area contributed by atoms with Crippen molar-refractivity contribution in [1.29, 1.82) is 0 Å². The molecule has 0 unspecified atom stereocenters. The molecule has 7 heteroatoms. The molecule has 148 valence electrons. The van der Waals surface area contributed by atoms with Gasteiger partial charge in [0.15, 0.2) is 0 Å². The Morgan fingerprint density at radius 2 is 1.72 bits per heavy atom. The van der Waals surface area contributed by atoms with Gasteiger partial charge in [-0.15, -0.1) is 0 Å². The number of hydrogen-bond acceptors (Lipinski definition) is 4. The fourth-order valence-electron chi connectivity index (χ4n) is 3.74. The predicted octanol–water partition coefficient (Wildman–Crippen LogP) is 4.36. The van der Waals surface area contributed by atoms with Crippen molar-refractivity contribution >= 4 is 34.0 Å². The predicted molar refractivity (Wildman–Crippen MR) is 113 cm³/mol. The van der Waals surface area contributed by atoms with Crippen molar-refractivity contribution in [1.82, 2.24) is 9.80 Å². The molecule has 0 bridgehead atoms. The summed E-state index contributed by atoms with van der Waals surface area (Å²) < 4.78 is 0. The maximum atomic E-state index is 12.8. The second-order valence-electron chi connectivity index (χ2n) is 7.13. The van der Waals surface area contributed by atoms with E-state index in [1.54, 1.807) is 4.90 Å². The minimum absolute atomic E-state index is 0.113. The number of non-ortho nitro benzene ring substituents is 1. The van der Waals surface area contributed by atoms with Crippen LogP contribution in [0.2, 0.25) is 5.02 Å². The van der Waals surface area contributed by atoms with E-state index in [0.29, 0.717) is 18.7 Å². The van der Waals surface area contributed by atoms with Crippen LogP contribution in [0.1, 0.15) is 15.9 Å². The van der Waals surface area contributed by atoms with Crippen molar-refractivity contribution in [3.05, 3.63) is 86.9 Å². The number of benzene rings is 3. The Morgan fingerprint density at radius 3 is 2.45 bits per heavy atom. The molecule has 1 amide bonds. The molecule has 1 aliphatic heterocycles. The van der Waals surface area contributed by atoms with Crippen LogP contribution < -0.4 is 0 Å². The summed E-state index contributed by atoms with van der Waals surface area (Å²) in [4.78, 5) is 27.2. The molecule has 1 fully saturated rings. The summed E-state index contributed by atoms with van der Waals surface area (Å²) in [5.41, 5.74) is 1.47. The summed E-state index contributed by atoms with van der Waals surface area (Å²) in [5.74, 6) is -0.185. The van der Waals surface area contributed by atoms with Gasteiger partial charge in [0, 0.05) is 44.9 Å². The van der Waals surface area contributed by atoms with Crippen LogP contribution >= 0.6 is 11.6 Å². The van der Waals surface area contributed by atoms with Crippen LogP contribution in [-0.2, 0) is 6.54 Å². The van der Waals surface area contributed by atoms with Gasteiger partial charge in [-0.05, 0) is 22.4 Å². The van der Waals surface area contributed by atoms with E-state index in [1.807, 2.05) is 6.07 Å². The number of halogens is 1. The molecule has 0 spiro atoms. The van der Waals surface area contributed by atoms with Gasteiger partial charge in [0.05, 0.1) is 15.5 Å². The number of nitro groups is 1. The Hall–Kier alpha value is -2.96. The third-order valence-corrected chi connectivity index (χ3v) is 5.64. The second kappa shape index (κ2) is 8.19. The van der Waals surface area contributed by atoms with E-state index >= 15 is 0 Å². The molecule has 0 saturated carbocycles. The first-order valence-corrected chi connectivity index (χ1v) is 9.83. The molecule has 0 aromatic heterocycles. The van der Waals surface area contributed by atoms with E-state index in [9.17, 15) is 14.9 Å². The van der Waals surface area contributed by atoms with Gasteiger partial charge in [0.25, 0.3) is 11.6 Å². The zero-order valence-corrected chi connectivity index (χ0v) is 16.5. The summed E-state index contributed by atoms with van der Waals surface area (Å²) in [6, 6.07) is 18.7. The molecule has 0 aliphatic carbocycles. The number of carbonyl (C=O) groups excluding carboxylic acids is 1. The number of piperazine rings is 1. The molecular formula is C22H20ClN3O3. The lowest BCUT2D eigenvalue weighted by atomic mass is 10.0. The van der Waals surface area contributed by atoms with E-state index in [-0.39, 0.29) is 16.6 Å². The molecule has 3 aromatic rings. The fraction of sp³-hybridized carbons (Fsp3) is 0.227. The lowest BCUT2D eigenvalue weighted by Gasteiger charge is -2.35. The number of nitro benzene ring substituents is 1. The van der Waals surface area contributed by atoms with E-state index in [1.165, 1.54) is 34.5 Å². The van der Waals surface area contributed by atoms with E-state index in [0.717, 1.165) is 19.6 Å². The van der Waals surface area contributed by atoms with Crippen LogP contribution in [0.5, 0.6) is 0 Å². The number of rotatable bonds is 4. The summed E-state index contributed by atoms with van der Waals surface area (Å²) in [6.45, 7) is 3.55. The largest absolute Gasteiger partial charge is 0.336 e. The van der Waals surface area contributed by atoms with Gasteiger partial charge in [0.2, 0.25) is 0 Å². The number of hydrogen-bond donors (Lipinski definition) is 0. The van der Waals surface area contributed by atoms with Gasteiger partial charge in [-0.25, -0.2) is 0 Å². The highest BCUT2D eigenvalue weighted by Gasteiger charge is 2.24. The van der Waals surface area contributed by atoms with Gasteiger partial charge < -0.3 is 4.90 Å². The Labute approximate surface area is 173 Å². The summed E-state index contributed by atoms with van der Waals surface area (Å²) in [7, 11) is 0. The van der Waals surface area contributed by atoms with Gasteiger partial charge in [-0.1, -0.05) is 54.1 Å². The van der Waals surface area contributed by atoms with Crippen molar-refractivity contribution in [3.8, 4) is 0 Å². The van der Waals surface area contributed by atoms with Crippen LogP contribution in [0.15, 0.2) is 60.7 Å². The number of nitrogens with zero attached hydrogens (tertiary/aromatic N) is 3. The molecule has 29 heavy (non-hydrogen) atoms. The highest BCUT2D eigenvalue weighted by molar-refractivity contribution is 6.34. The second-order valence-corrected chi connectivity index (χ2v) is 7.54. The summed E-state index contributed by atoms with van der Waals surface area (Å²) >= 11 is 6.12. The number of amides is 1. The maximum absolute atomic E-state index is 12.8. The van der Waals surface area contributed by atoms with E-state index in [4.69, 9.17) is 11.6 Å². The highest BCUT2D eigenvalue weighted by Crippen LogP contribution is 2.25. The lowest BCUT2D eigenvalue weighted by molar-refractivity contribution is -0.384. The Morgan fingerprint density at radius 1 is 1.00 bits per heavy atom. The Bertz CT molecular complexity index is 1070. The Balaban J connectivity index is 1.41. The number of carbonyl (C=O) groups is 1. The monoisotopic (exact) mass is 409 g/mol. The summed E-state index contributed by atoms with van der Waals surface area (Å²) in [5, 5.41) is 13.4. The standard InChI is InChI=1S/C22H20ClN3O3/c23-21-14-18(26(28)29)8-9-20(21)22(27)25-12-10-24(11-13-25)15-17-6-3-5-16-4-1-2-7-19(16)17/h1-9,14H,10-13,15H2. The van der Waals surface area contributed by atoms with Crippen molar-refractivity contribution in [2.75, 3.05) is 26.2 Å². The van der Waals surface area contributed by atoms with Crippen LogP contribution in [0, 0.1) is 10.1 Å². The molecule has 0 N–H and O–H groups in total. The van der Waals surface area contributed by atoms with Gasteiger partial charge in [-0.3, -0.25) is 19.8 Å².